The molecule has 0 radical (unpaired) electrons. The second-order valence-electron chi connectivity index (χ2n) is 12.6. The van der Waals surface area contributed by atoms with E-state index in [9.17, 15) is 24.3 Å². The molecule has 9 heteroatoms. The van der Waals surface area contributed by atoms with Crippen molar-refractivity contribution in [2.24, 2.45) is 11.8 Å². The van der Waals surface area contributed by atoms with Gasteiger partial charge in [0, 0.05) is 6.42 Å². The molecule has 9 nitrogen and oxygen atoms in total. The van der Waals surface area contributed by atoms with Crippen LogP contribution in [0.3, 0.4) is 0 Å². The number of carbonyl (C=O) groups excluding carboxylic acids is 4. The van der Waals surface area contributed by atoms with Crippen LogP contribution in [0.15, 0.2) is 60.7 Å². The maximum Gasteiger partial charge on any atom is 0.249 e. The van der Waals surface area contributed by atoms with Crippen molar-refractivity contribution < 1.29 is 29.0 Å². The fourth-order valence-corrected chi connectivity index (χ4v) is 4.98. The molecule has 3 rings (SSSR count). The van der Waals surface area contributed by atoms with E-state index < -0.39 is 47.6 Å². The number of benzene rings is 2. The molecular weight excluding hydrogens is 546 g/mol. The zero-order valence-electron chi connectivity index (χ0n) is 26.0. The van der Waals surface area contributed by atoms with Crippen LogP contribution >= 0.6 is 0 Å². The Bertz CT molecular complexity index is 1210. The van der Waals surface area contributed by atoms with Gasteiger partial charge in [-0.15, -0.1) is 0 Å². The molecule has 0 spiro atoms. The fraction of sp³-hybridized carbons (Fsp3) is 0.529. The lowest BCUT2D eigenvalue weighted by atomic mass is 9.93. The Labute approximate surface area is 255 Å². The molecule has 0 aromatic heterocycles. The van der Waals surface area contributed by atoms with Crippen molar-refractivity contribution in [1.82, 2.24) is 16.0 Å². The highest BCUT2D eigenvalue weighted by molar-refractivity contribution is 5.98. The molecule has 0 saturated carbocycles. The molecule has 0 aliphatic carbocycles. The van der Waals surface area contributed by atoms with E-state index in [-0.39, 0.29) is 30.5 Å². The standard InChI is InChI=1S/C34H47N3O6/c1-22(2)18-26(30(39)34(5)21-43-34)35-32(41)28(20-25-14-10-7-11-15-25)36-31(40)27(19-23(3)4)37-33(42)29(38)17-16-24-12-8-6-9-13-24/h6-15,22-23,26-29,38H,16-21H2,1-5H3,(H,35,41)(H,36,40)(H,37,42)/t26?,27?,28?,29?,34-/m1/s1. The minimum absolute atomic E-state index is 0.0474. The monoisotopic (exact) mass is 593 g/mol. The van der Waals surface area contributed by atoms with Crippen LogP contribution in [0.4, 0.5) is 0 Å². The number of nitrogens with one attached hydrogen (secondary N) is 3. The van der Waals surface area contributed by atoms with E-state index in [4.69, 9.17) is 4.74 Å². The van der Waals surface area contributed by atoms with Gasteiger partial charge in [-0.25, -0.2) is 0 Å². The zero-order chi connectivity index (χ0) is 31.6. The molecule has 234 valence electrons. The van der Waals surface area contributed by atoms with Crippen molar-refractivity contribution >= 4 is 23.5 Å². The second kappa shape index (κ2) is 15.8. The molecule has 1 fully saturated rings. The highest BCUT2D eigenvalue weighted by Crippen LogP contribution is 2.29. The molecule has 5 atom stereocenters. The summed E-state index contributed by atoms with van der Waals surface area (Å²) in [5, 5.41) is 19.0. The van der Waals surface area contributed by atoms with Crippen molar-refractivity contribution in [1.29, 1.82) is 0 Å². The number of aliphatic hydroxyl groups excluding tert-OH is 1. The van der Waals surface area contributed by atoms with E-state index in [0.29, 0.717) is 25.9 Å². The van der Waals surface area contributed by atoms with Crippen molar-refractivity contribution in [3.05, 3.63) is 71.8 Å². The minimum atomic E-state index is -1.29. The molecule has 1 saturated heterocycles. The van der Waals surface area contributed by atoms with Gasteiger partial charge in [-0.05, 0) is 55.6 Å². The van der Waals surface area contributed by atoms with E-state index in [0.717, 1.165) is 11.1 Å². The first-order valence-corrected chi connectivity index (χ1v) is 15.2. The van der Waals surface area contributed by atoms with E-state index in [1.54, 1.807) is 6.92 Å². The van der Waals surface area contributed by atoms with Gasteiger partial charge in [0.1, 0.15) is 23.8 Å². The predicted molar refractivity (Wildman–Crippen MR) is 165 cm³/mol. The summed E-state index contributed by atoms with van der Waals surface area (Å²) < 4.78 is 5.36. The molecule has 0 bridgehead atoms. The molecule has 1 heterocycles. The SMILES string of the molecule is CC(C)CC(NC(=O)C(O)CCc1ccccc1)C(=O)NC(Cc1ccccc1)C(=O)NC(CC(C)C)C(=O)[C@@]1(C)CO1. The fourth-order valence-electron chi connectivity index (χ4n) is 4.98. The Morgan fingerprint density at radius 1 is 0.744 bits per heavy atom. The van der Waals surface area contributed by atoms with Crippen molar-refractivity contribution in [2.45, 2.75) is 96.6 Å². The first-order chi connectivity index (χ1) is 20.4. The van der Waals surface area contributed by atoms with Crippen LogP contribution in [0.2, 0.25) is 0 Å². The van der Waals surface area contributed by atoms with Gasteiger partial charge in [-0.3, -0.25) is 19.2 Å². The smallest absolute Gasteiger partial charge is 0.249 e. The third-order valence-electron chi connectivity index (χ3n) is 7.55. The molecule has 43 heavy (non-hydrogen) atoms. The Morgan fingerprint density at radius 2 is 1.21 bits per heavy atom. The number of epoxide rings is 1. The highest BCUT2D eigenvalue weighted by atomic mass is 16.6. The van der Waals surface area contributed by atoms with Crippen molar-refractivity contribution in [3.8, 4) is 0 Å². The maximum atomic E-state index is 13.7. The number of ether oxygens (including phenoxy) is 1. The molecule has 2 aromatic carbocycles. The van der Waals surface area contributed by atoms with Crippen LogP contribution < -0.4 is 16.0 Å². The molecular formula is C34H47N3O6. The third-order valence-corrected chi connectivity index (χ3v) is 7.55. The van der Waals surface area contributed by atoms with Crippen LogP contribution in [0.5, 0.6) is 0 Å². The van der Waals surface area contributed by atoms with Crippen LogP contribution in [0.1, 0.15) is 65.0 Å². The van der Waals surface area contributed by atoms with Crippen LogP contribution in [0.25, 0.3) is 0 Å². The number of rotatable bonds is 17. The molecule has 2 aromatic rings. The average molecular weight is 594 g/mol. The maximum absolute atomic E-state index is 13.7. The van der Waals surface area contributed by atoms with Crippen molar-refractivity contribution in [3.63, 3.8) is 0 Å². The quantitative estimate of drug-likeness (QED) is 0.208. The van der Waals surface area contributed by atoms with Gasteiger partial charge in [0.25, 0.3) is 0 Å². The zero-order valence-corrected chi connectivity index (χ0v) is 26.0. The Kier molecular flexibility index (Phi) is 12.5. The summed E-state index contributed by atoms with van der Waals surface area (Å²) in [6.45, 7) is 9.82. The Morgan fingerprint density at radius 3 is 1.74 bits per heavy atom. The molecule has 3 amide bonds. The minimum Gasteiger partial charge on any atom is -0.383 e. The summed E-state index contributed by atoms with van der Waals surface area (Å²) in [5.74, 6) is -1.66. The lowest BCUT2D eigenvalue weighted by Gasteiger charge is -2.27. The van der Waals surface area contributed by atoms with Crippen molar-refractivity contribution in [2.75, 3.05) is 6.61 Å². The average Bonchev–Trinajstić information content (AvgIpc) is 3.73. The normalized spacial score (nSPS) is 18.8. The van der Waals surface area contributed by atoms with E-state index in [1.807, 2.05) is 88.4 Å². The van der Waals surface area contributed by atoms with Crippen LogP contribution in [-0.2, 0) is 36.8 Å². The highest BCUT2D eigenvalue weighted by Gasteiger charge is 2.50. The second-order valence-corrected chi connectivity index (χ2v) is 12.6. The summed E-state index contributed by atoms with van der Waals surface area (Å²) in [6.07, 6.45) is 0.362. The predicted octanol–water partition coefficient (Wildman–Crippen LogP) is 3.13. The van der Waals surface area contributed by atoms with Gasteiger partial charge in [0.15, 0.2) is 5.78 Å². The van der Waals surface area contributed by atoms with Gasteiger partial charge < -0.3 is 25.8 Å². The third kappa shape index (κ3) is 10.9. The number of aliphatic hydroxyl groups is 1. The number of carbonyl (C=O) groups is 4. The largest absolute Gasteiger partial charge is 0.383 e. The van der Waals surface area contributed by atoms with E-state index in [1.165, 1.54) is 0 Å². The van der Waals surface area contributed by atoms with Crippen LogP contribution in [0, 0.1) is 11.8 Å². The number of aryl methyl sites for hydroxylation is 1. The Balaban J connectivity index is 1.74. The number of Topliss-reactive ketones (excluding diaryl/α,β-unsaturated/α-hetero) is 1. The summed E-state index contributed by atoms with van der Waals surface area (Å²) >= 11 is 0. The van der Waals surface area contributed by atoms with E-state index in [2.05, 4.69) is 16.0 Å². The van der Waals surface area contributed by atoms with Gasteiger partial charge in [0.05, 0.1) is 12.6 Å². The Hall–Kier alpha value is -3.56. The molecule has 1 aliphatic heterocycles. The lowest BCUT2D eigenvalue weighted by molar-refractivity contribution is -0.136. The van der Waals surface area contributed by atoms with Crippen LogP contribution in [-0.4, -0.2) is 65.0 Å². The van der Waals surface area contributed by atoms with Gasteiger partial charge >= 0.3 is 0 Å². The molecule has 4 N–H and O–H groups in total. The number of ketones is 1. The number of hydrogen-bond acceptors (Lipinski definition) is 6. The number of hydrogen-bond donors (Lipinski definition) is 4. The summed E-state index contributed by atoms with van der Waals surface area (Å²) in [6, 6.07) is 16.1. The molecule has 4 unspecified atom stereocenters. The van der Waals surface area contributed by atoms with Gasteiger partial charge in [-0.1, -0.05) is 88.4 Å². The lowest BCUT2D eigenvalue weighted by Crippen LogP contribution is -2.58. The topological polar surface area (TPSA) is 137 Å². The van der Waals surface area contributed by atoms with E-state index >= 15 is 0 Å². The number of amides is 3. The summed E-state index contributed by atoms with van der Waals surface area (Å²) in [7, 11) is 0. The van der Waals surface area contributed by atoms with Gasteiger partial charge in [0.2, 0.25) is 17.7 Å². The van der Waals surface area contributed by atoms with Gasteiger partial charge in [-0.2, -0.15) is 0 Å². The first-order valence-electron chi connectivity index (χ1n) is 15.2. The summed E-state index contributed by atoms with van der Waals surface area (Å²) in [5.41, 5.74) is 0.920. The first kappa shape index (κ1) is 33.9. The summed E-state index contributed by atoms with van der Waals surface area (Å²) in [4.78, 5) is 53.4. The molecule has 1 aliphatic rings.